The van der Waals surface area contributed by atoms with Crippen LogP contribution in [-0.4, -0.2) is 55.0 Å². The van der Waals surface area contributed by atoms with Gasteiger partial charge < -0.3 is 19.9 Å². The van der Waals surface area contributed by atoms with Crippen LogP contribution in [0.4, 0.5) is 5.69 Å². The second-order valence-electron chi connectivity index (χ2n) is 6.39. The van der Waals surface area contributed by atoms with E-state index in [0.717, 1.165) is 30.1 Å². The summed E-state index contributed by atoms with van der Waals surface area (Å²) in [6.07, 6.45) is 1.71. The highest BCUT2D eigenvalue weighted by Gasteiger charge is 2.19. The molecule has 7 heteroatoms. The third-order valence-corrected chi connectivity index (χ3v) is 4.70. The Morgan fingerprint density at radius 3 is 2.48 bits per heavy atom. The molecule has 0 unspecified atom stereocenters. The van der Waals surface area contributed by atoms with Crippen molar-refractivity contribution in [1.82, 2.24) is 15.2 Å². The Morgan fingerprint density at radius 1 is 1.11 bits per heavy atom. The van der Waals surface area contributed by atoms with Gasteiger partial charge in [0.15, 0.2) is 0 Å². The standard InChI is InChI=1S/C20H24N4O3/c1-15(25)23-9-11-24(12-10-23)17-7-8-18(21-14-17)20(26)22-13-16-5-3-4-6-19(16)27-2/h3-8,14H,9-13H2,1-2H3,(H,22,26). The smallest absolute Gasteiger partial charge is 0.270 e. The zero-order valence-electron chi connectivity index (χ0n) is 15.6. The number of nitrogens with one attached hydrogen (secondary N) is 1. The number of carbonyl (C=O) groups is 2. The molecule has 1 N–H and O–H groups in total. The van der Waals surface area contributed by atoms with E-state index in [2.05, 4.69) is 15.2 Å². The maximum absolute atomic E-state index is 12.4. The van der Waals surface area contributed by atoms with E-state index in [1.807, 2.05) is 35.2 Å². The van der Waals surface area contributed by atoms with Crippen LogP contribution in [0, 0.1) is 0 Å². The van der Waals surface area contributed by atoms with Crippen LogP contribution in [-0.2, 0) is 11.3 Å². The van der Waals surface area contributed by atoms with Crippen molar-refractivity contribution < 1.29 is 14.3 Å². The molecule has 1 aliphatic rings. The zero-order chi connectivity index (χ0) is 19.2. The van der Waals surface area contributed by atoms with Gasteiger partial charge in [-0.05, 0) is 18.2 Å². The third-order valence-electron chi connectivity index (χ3n) is 4.70. The molecule has 1 aromatic carbocycles. The topological polar surface area (TPSA) is 74.8 Å². The molecule has 1 aromatic heterocycles. The molecule has 1 saturated heterocycles. The van der Waals surface area contributed by atoms with Crippen molar-refractivity contribution in [2.24, 2.45) is 0 Å². The van der Waals surface area contributed by atoms with E-state index in [1.165, 1.54) is 0 Å². The van der Waals surface area contributed by atoms with Crippen LogP contribution in [0.25, 0.3) is 0 Å². The van der Waals surface area contributed by atoms with Crippen LogP contribution in [0.1, 0.15) is 23.0 Å². The molecule has 3 rings (SSSR count). The number of carbonyl (C=O) groups excluding carboxylic acids is 2. The Balaban J connectivity index is 1.57. The minimum absolute atomic E-state index is 0.106. The van der Waals surface area contributed by atoms with Crippen molar-refractivity contribution in [2.75, 3.05) is 38.2 Å². The first-order valence-corrected chi connectivity index (χ1v) is 8.95. The Hall–Kier alpha value is -3.09. The monoisotopic (exact) mass is 368 g/mol. The van der Waals surface area contributed by atoms with E-state index < -0.39 is 0 Å². The molecule has 0 atom stereocenters. The molecule has 0 bridgehead atoms. The molecule has 2 amide bonds. The fraction of sp³-hybridized carbons (Fsp3) is 0.350. The molecule has 2 heterocycles. The number of rotatable bonds is 5. The molecule has 2 aromatic rings. The number of ether oxygens (including phenoxy) is 1. The van der Waals surface area contributed by atoms with E-state index in [9.17, 15) is 9.59 Å². The summed E-state index contributed by atoms with van der Waals surface area (Å²) < 4.78 is 5.29. The fourth-order valence-electron chi connectivity index (χ4n) is 3.10. The quantitative estimate of drug-likeness (QED) is 0.869. The summed E-state index contributed by atoms with van der Waals surface area (Å²) in [6, 6.07) is 11.2. The molecule has 1 fully saturated rings. The minimum Gasteiger partial charge on any atom is -0.496 e. The van der Waals surface area contributed by atoms with Crippen molar-refractivity contribution in [2.45, 2.75) is 13.5 Å². The van der Waals surface area contributed by atoms with Gasteiger partial charge in [0.2, 0.25) is 5.91 Å². The van der Waals surface area contributed by atoms with Gasteiger partial charge in [-0.2, -0.15) is 0 Å². The number of para-hydroxylation sites is 1. The molecule has 27 heavy (non-hydrogen) atoms. The number of aromatic nitrogens is 1. The van der Waals surface area contributed by atoms with Crippen LogP contribution in [0.3, 0.4) is 0 Å². The van der Waals surface area contributed by atoms with E-state index in [4.69, 9.17) is 4.74 Å². The van der Waals surface area contributed by atoms with E-state index >= 15 is 0 Å². The number of benzene rings is 1. The number of anilines is 1. The van der Waals surface area contributed by atoms with Crippen LogP contribution in [0.2, 0.25) is 0 Å². The number of amides is 2. The lowest BCUT2D eigenvalue weighted by molar-refractivity contribution is -0.129. The number of nitrogens with zero attached hydrogens (tertiary/aromatic N) is 3. The Bertz CT molecular complexity index is 799. The molecular formula is C20H24N4O3. The summed E-state index contributed by atoms with van der Waals surface area (Å²) in [5.41, 5.74) is 2.24. The maximum Gasteiger partial charge on any atom is 0.270 e. The van der Waals surface area contributed by atoms with E-state index in [-0.39, 0.29) is 11.8 Å². The third kappa shape index (κ3) is 4.55. The summed E-state index contributed by atoms with van der Waals surface area (Å²) >= 11 is 0. The van der Waals surface area contributed by atoms with Gasteiger partial charge in [0.05, 0.1) is 19.0 Å². The second-order valence-corrected chi connectivity index (χ2v) is 6.39. The summed E-state index contributed by atoms with van der Waals surface area (Å²) in [5, 5.41) is 2.87. The molecule has 0 saturated carbocycles. The zero-order valence-corrected chi connectivity index (χ0v) is 15.6. The van der Waals surface area contributed by atoms with Crippen LogP contribution >= 0.6 is 0 Å². The lowest BCUT2D eigenvalue weighted by atomic mass is 10.2. The number of piperazine rings is 1. The molecule has 0 radical (unpaired) electrons. The molecule has 1 aliphatic heterocycles. The van der Waals surface area contributed by atoms with Crippen molar-refractivity contribution in [3.8, 4) is 5.75 Å². The highest BCUT2D eigenvalue weighted by Crippen LogP contribution is 2.18. The van der Waals surface area contributed by atoms with Crippen molar-refractivity contribution in [3.63, 3.8) is 0 Å². The summed E-state index contributed by atoms with van der Waals surface area (Å²) in [4.78, 5) is 32.1. The molecular weight excluding hydrogens is 344 g/mol. The number of methoxy groups -OCH3 is 1. The normalized spacial score (nSPS) is 14.0. The molecule has 7 nitrogen and oxygen atoms in total. The van der Waals surface area contributed by atoms with Crippen molar-refractivity contribution >= 4 is 17.5 Å². The minimum atomic E-state index is -0.228. The van der Waals surface area contributed by atoms with E-state index in [0.29, 0.717) is 25.3 Å². The summed E-state index contributed by atoms with van der Waals surface area (Å²) in [5.74, 6) is 0.620. The Kier molecular flexibility index (Phi) is 5.90. The summed E-state index contributed by atoms with van der Waals surface area (Å²) in [6.45, 7) is 4.91. The first-order chi connectivity index (χ1) is 13.1. The lowest BCUT2D eigenvalue weighted by Gasteiger charge is -2.35. The number of pyridine rings is 1. The molecule has 0 spiro atoms. The highest BCUT2D eigenvalue weighted by atomic mass is 16.5. The second kappa shape index (κ2) is 8.53. The van der Waals surface area contributed by atoms with Gasteiger partial charge in [0.25, 0.3) is 5.91 Å². The van der Waals surface area contributed by atoms with E-state index in [1.54, 1.807) is 26.3 Å². The van der Waals surface area contributed by atoms with Crippen molar-refractivity contribution in [3.05, 3.63) is 53.9 Å². The average Bonchev–Trinajstić information content (AvgIpc) is 2.72. The fourth-order valence-corrected chi connectivity index (χ4v) is 3.10. The van der Waals surface area contributed by atoms with Gasteiger partial charge in [0, 0.05) is 45.2 Å². The van der Waals surface area contributed by atoms with Crippen LogP contribution in [0.5, 0.6) is 5.75 Å². The Morgan fingerprint density at radius 2 is 1.85 bits per heavy atom. The highest BCUT2D eigenvalue weighted by molar-refractivity contribution is 5.92. The largest absolute Gasteiger partial charge is 0.496 e. The predicted molar refractivity (Wildman–Crippen MR) is 103 cm³/mol. The Labute approximate surface area is 158 Å². The van der Waals surface area contributed by atoms with Gasteiger partial charge in [-0.15, -0.1) is 0 Å². The number of hydrogen-bond donors (Lipinski definition) is 1. The first kappa shape index (κ1) is 18.7. The SMILES string of the molecule is COc1ccccc1CNC(=O)c1ccc(N2CCN(C(C)=O)CC2)cn1. The van der Waals surface area contributed by atoms with Gasteiger partial charge in [0.1, 0.15) is 11.4 Å². The number of hydrogen-bond acceptors (Lipinski definition) is 5. The van der Waals surface area contributed by atoms with Crippen LogP contribution < -0.4 is 15.0 Å². The van der Waals surface area contributed by atoms with Gasteiger partial charge >= 0.3 is 0 Å². The molecule has 0 aliphatic carbocycles. The van der Waals surface area contributed by atoms with Gasteiger partial charge in [-0.25, -0.2) is 4.98 Å². The average molecular weight is 368 g/mol. The lowest BCUT2D eigenvalue weighted by Crippen LogP contribution is -2.48. The first-order valence-electron chi connectivity index (χ1n) is 8.95. The van der Waals surface area contributed by atoms with Crippen LogP contribution in [0.15, 0.2) is 42.6 Å². The molecule has 142 valence electrons. The predicted octanol–water partition coefficient (Wildman–Crippen LogP) is 1.69. The maximum atomic E-state index is 12.4. The van der Waals surface area contributed by atoms with Crippen molar-refractivity contribution in [1.29, 1.82) is 0 Å². The summed E-state index contributed by atoms with van der Waals surface area (Å²) in [7, 11) is 1.61. The van der Waals surface area contributed by atoms with Gasteiger partial charge in [-0.3, -0.25) is 9.59 Å². The van der Waals surface area contributed by atoms with Gasteiger partial charge in [-0.1, -0.05) is 18.2 Å².